The molecule has 0 aliphatic heterocycles. The number of hydrogen-bond acceptors (Lipinski definition) is 1. The maximum Gasteiger partial charge on any atom is 0.0465 e. The minimum Gasteiger partial charge on any atom is -0.310 e. The molecule has 0 spiro atoms. The van der Waals surface area contributed by atoms with E-state index in [0.717, 1.165) is 19.3 Å². The minimum atomic E-state index is -0.0472. The highest BCUT2D eigenvalue weighted by atomic mass is 15.1. The maximum atomic E-state index is 2.48. The predicted octanol–water partition coefficient (Wildman–Crippen LogP) is 15.2. The van der Waals surface area contributed by atoms with Crippen molar-refractivity contribution in [2.45, 2.75) is 64.7 Å². The average molecular weight is 714 g/mol. The van der Waals surface area contributed by atoms with Crippen molar-refractivity contribution >= 4 is 28.7 Å². The van der Waals surface area contributed by atoms with E-state index in [0.29, 0.717) is 0 Å². The molecule has 1 nitrogen and oxygen atoms in total. The predicted molar refractivity (Wildman–Crippen MR) is 237 cm³/mol. The van der Waals surface area contributed by atoms with E-state index < -0.39 is 0 Å². The lowest BCUT2D eigenvalue weighted by atomic mass is 9.72. The first-order chi connectivity index (χ1) is 26.8. The zero-order valence-corrected chi connectivity index (χ0v) is 32.9. The van der Waals surface area contributed by atoms with Crippen molar-refractivity contribution in [1.29, 1.82) is 0 Å². The highest BCUT2D eigenvalue weighted by Gasteiger charge is 2.42. The Kier molecular flexibility index (Phi) is 9.89. The number of benzene rings is 6. The Morgan fingerprint density at radius 1 is 0.582 bits per heavy atom. The van der Waals surface area contributed by atoms with Crippen molar-refractivity contribution in [3.8, 4) is 22.3 Å². The Balaban J connectivity index is 1.09. The van der Waals surface area contributed by atoms with Crippen LogP contribution in [-0.2, 0) is 10.8 Å². The molecule has 0 heterocycles. The molecule has 55 heavy (non-hydrogen) atoms. The third-order valence-corrected chi connectivity index (χ3v) is 11.7. The van der Waals surface area contributed by atoms with Crippen LogP contribution >= 0.6 is 0 Å². The summed E-state index contributed by atoms with van der Waals surface area (Å²) in [6, 6.07) is 55.4. The van der Waals surface area contributed by atoms with Gasteiger partial charge >= 0.3 is 0 Å². The fourth-order valence-electron chi connectivity index (χ4n) is 8.79. The van der Waals surface area contributed by atoms with Gasteiger partial charge in [0.05, 0.1) is 0 Å². The van der Waals surface area contributed by atoms with Gasteiger partial charge < -0.3 is 4.90 Å². The molecule has 2 aliphatic carbocycles. The number of rotatable bonds is 9. The van der Waals surface area contributed by atoms with Crippen LogP contribution in [0.15, 0.2) is 187 Å². The van der Waals surface area contributed by atoms with Crippen molar-refractivity contribution in [1.82, 2.24) is 0 Å². The van der Waals surface area contributed by atoms with Crippen LogP contribution in [0.3, 0.4) is 0 Å². The van der Waals surface area contributed by atoms with Crippen molar-refractivity contribution in [3.05, 3.63) is 209 Å². The molecule has 0 fully saturated rings. The molecule has 272 valence electrons. The van der Waals surface area contributed by atoms with E-state index in [1.54, 1.807) is 0 Å². The Morgan fingerprint density at radius 3 is 1.80 bits per heavy atom. The lowest BCUT2D eigenvalue weighted by Gasteiger charge is -2.33. The number of para-hydroxylation sites is 2. The number of nitrogens with zero attached hydrogens (tertiary/aromatic N) is 1. The van der Waals surface area contributed by atoms with Crippen molar-refractivity contribution in [2.24, 2.45) is 0 Å². The van der Waals surface area contributed by atoms with Crippen LogP contribution in [0.5, 0.6) is 0 Å². The number of anilines is 3. The molecular weight excluding hydrogens is 663 g/mol. The van der Waals surface area contributed by atoms with E-state index in [1.807, 2.05) is 0 Å². The Hall–Kier alpha value is -5.92. The summed E-state index contributed by atoms with van der Waals surface area (Å²) in [6.07, 6.45) is 14.7. The number of allylic oxidation sites excluding steroid dienone is 7. The molecular formula is C54H51N. The van der Waals surface area contributed by atoms with Gasteiger partial charge in [0.15, 0.2) is 0 Å². The zero-order valence-electron chi connectivity index (χ0n) is 32.9. The highest BCUT2D eigenvalue weighted by Crippen LogP contribution is 2.54. The van der Waals surface area contributed by atoms with Crippen molar-refractivity contribution < 1.29 is 0 Å². The zero-order chi connectivity index (χ0) is 38.0. The quantitative estimate of drug-likeness (QED) is 0.144. The first kappa shape index (κ1) is 36.1. The molecule has 1 heteroatoms. The monoisotopic (exact) mass is 713 g/mol. The second kappa shape index (κ2) is 15.1. The largest absolute Gasteiger partial charge is 0.310 e. The molecule has 0 saturated heterocycles. The van der Waals surface area contributed by atoms with Crippen LogP contribution in [0.4, 0.5) is 17.1 Å². The third-order valence-electron chi connectivity index (χ3n) is 11.7. The van der Waals surface area contributed by atoms with Crippen molar-refractivity contribution in [3.63, 3.8) is 0 Å². The second-order valence-electron chi connectivity index (χ2n) is 16.0. The van der Waals surface area contributed by atoms with E-state index in [4.69, 9.17) is 0 Å². The summed E-state index contributed by atoms with van der Waals surface area (Å²) in [5.74, 6) is 0. The Labute approximate surface area is 328 Å². The van der Waals surface area contributed by atoms with Crippen LogP contribution in [-0.4, -0.2) is 0 Å². The maximum absolute atomic E-state index is 2.48. The van der Waals surface area contributed by atoms with Gasteiger partial charge in [0.25, 0.3) is 0 Å². The smallest absolute Gasteiger partial charge is 0.0465 e. The lowest BCUT2D eigenvalue weighted by Crippen LogP contribution is -2.24. The fourth-order valence-corrected chi connectivity index (χ4v) is 8.79. The van der Waals surface area contributed by atoms with Crippen LogP contribution in [0.2, 0.25) is 0 Å². The molecule has 0 aromatic heterocycles. The first-order valence-electron chi connectivity index (χ1n) is 19.9. The van der Waals surface area contributed by atoms with Gasteiger partial charge in [0.2, 0.25) is 0 Å². The summed E-state index contributed by atoms with van der Waals surface area (Å²) in [5, 5.41) is 0. The molecule has 0 N–H and O–H groups in total. The summed E-state index contributed by atoms with van der Waals surface area (Å²) in [5.41, 5.74) is 18.2. The average Bonchev–Trinajstić information content (AvgIpc) is 3.31. The topological polar surface area (TPSA) is 3.24 Å². The standard InChI is InChI=1S/C54H51N/c1-6-54(7-2)51-36-40(27-26-39-28-30-41(31-29-39)43-32-34-47(42-19-11-8-12-20-42)50(37-43)53(3,4)5)18-17-25-48(51)49-35-33-46(38-52(49)54)55(44-21-13-9-14-22-44)45-23-15-10-16-24-45/h8-24,26-38H,6-7,25H2,1-5H3/b27-26+. The van der Waals surface area contributed by atoms with Crippen LogP contribution in [0.1, 0.15) is 76.1 Å². The van der Waals surface area contributed by atoms with E-state index in [-0.39, 0.29) is 10.8 Å². The number of hydrogen-bond donors (Lipinski definition) is 0. The molecule has 2 aliphatic rings. The SMILES string of the molecule is CCC1(CC)C2=C(CC=CC(/C=C/c3ccc(-c4ccc(-c5ccccc5)c(C(C)(C)C)c4)cc3)=C2)c2ccc(N(c3ccccc3)c3ccccc3)cc21. The van der Waals surface area contributed by atoms with Crippen LogP contribution < -0.4 is 4.90 Å². The molecule has 6 aromatic carbocycles. The van der Waals surface area contributed by atoms with Gasteiger partial charge in [-0.05, 0) is 122 Å². The van der Waals surface area contributed by atoms with E-state index in [2.05, 4.69) is 222 Å². The van der Waals surface area contributed by atoms with Gasteiger partial charge in [0.1, 0.15) is 0 Å². The van der Waals surface area contributed by atoms with E-state index in [1.165, 1.54) is 78.3 Å². The lowest BCUT2D eigenvalue weighted by molar-refractivity contribution is 0.486. The molecule has 0 unspecified atom stereocenters. The number of fused-ring (bicyclic) bond motifs is 2. The third kappa shape index (κ3) is 6.96. The minimum absolute atomic E-state index is 0.0277. The van der Waals surface area contributed by atoms with Gasteiger partial charge in [-0.25, -0.2) is 0 Å². The fraction of sp³-hybridized carbons (Fsp3) is 0.185. The molecule has 8 rings (SSSR count). The highest BCUT2D eigenvalue weighted by molar-refractivity contribution is 5.88. The Bertz CT molecular complexity index is 2370. The summed E-state index contributed by atoms with van der Waals surface area (Å²) in [4.78, 5) is 2.39. The van der Waals surface area contributed by atoms with E-state index >= 15 is 0 Å². The Morgan fingerprint density at radius 2 is 1.18 bits per heavy atom. The van der Waals surface area contributed by atoms with Crippen LogP contribution in [0.25, 0.3) is 33.9 Å². The summed E-state index contributed by atoms with van der Waals surface area (Å²) in [7, 11) is 0. The van der Waals surface area contributed by atoms with Gasteiger partial charge in [-0.3, -0.25) is 0 Å². The summed E-state index contributed by atoms with van der Waals surface area (Å²) < 4.78 is 0. The van der Waals surface area contributed by atoms with Gasteiger partial charge in [-0.1, -0.05) is 180 Å². The molecule has 0 amide bonds. The van der Waals surface area contributed by atoms with Gasteiger partial charge in [0, 0.05) is 22.5 Å². The van der Waals surface area contributed by atoms with Crippen LogP contribution in [0, 0.1) is 0 Å². The molecule has 0 bridgehead atoms. The molecule has 6 aromatic rings. The molecule has 0 saturated carbocycles. The van der Waals surface area contributed by atoms with Crippen molar-refractivity contribution in [2.75, 3.05) is 4.90 Å². The second-order valence-corrected chi connectivity index (χ2v) is 16.0. The van der Waals surface area contributed by atoms with Gasteiger partial charge in [-0.15, -0.1) is 0 Å². The van der Waals surface area contributed by atoms with Gasteiger partial charge in [-0.2, -0.15) is 0 Å². The summed E-state index contributed by atoms with van der Waals surface area (Å²) in [6.45, 7) is 11.6. The molecule has 0 radical (unpaired) electrons. The first-order valence-corrected chi connectivity index (χ1v) is 19.9. The summed E-state index contributed by atoms with van der Waals surface area (Å²) >= 11 is 0. The van der Waals surface area contributed by atoms with E-state index in [9.17, 15) is 0 Å². The normalized spacial score (nSPS) is 14.7. The molecule has 0 atom stereocenters.